The van der Waals surface area contributed by atoms with Gasteiger partial charge >= 0.3 is 0 Å². The Morgan fingerprint density at radius 3 is 3.16 bits per heavy atom. The lowest BCUT2D eigenvalue weighted by molar-refractivity contribution is 0.0143. The molecule has 2 aromatic rings. The molecule has 0 bridgehead atoms. The van der Waals surface area contributed by atoms with Crippen LogP contribution in [0.5, 0.6) is 0 Å². The van der Waals surface area contributed by atoms with Crippen molar-refractivity contribution < 1.29 is 14.3 Å². The van der Waals surface area contributed by atoms with Crippen LogP contribution in [-0.4, -0.2) is 27.4 Å². The predicted octanol–water partition coefficient (Wildman–Crippen LogP) is 2.01. The molecule has 0 fully saturated rings. The van der Waals surface area contributed by atoms with Crippen molar-refractivity contribution in [2.75, 3.05) is 6.61 Å². The van der Waals surface area contributed by atoms with Crippen LogP contribution >= 0.6 is 0 Å². The fourth-order valence-corrected chi connectivity index (χ4v) is 1.93. The molecule has 1 unspecified atom stereocenters. The Morgan fingerprint density at radius 1 is 1.53 bits per heavy atom. The van der Waals surface area contributed by atoms with Crippen molar-refractivity contribution in [3.8, 4) is 0 Å². The van der Waals surface area contributed by atoms with Gasteiger partial charge in [-0.1, -0.05) is 6.92 Å². The van der Waals surface area contributed by atoms with E-state index < -0.39 is 6.10 Å². The van der Waals surface area contributed by atoms with Crippen molar-refractivity contribution in [3.05, 3.63) is 42.4 Å². The molecule has 2 aromatic heterocycles. The Balaban J connectivity index is 1.74. The van der Waals surface area contributed by atoms with Crippen LogP contribution in [0.15, 0.2) is 35.2 Å². The maximum absolute atomic E-state index is 9.94. The number of aliphatic hydroxyl groups is 1. The third-order valence-corrected chi connectivity index (χ3v) is 2.82. The van der Waals surface area contributed by atoms with Gasteiger partial charge < -0.3 is 18.8 Å². The van der Waals surface area contributed by atoms with Crippen molar-refractivity contribution in [2.45, 2.75) is 39.0 Å². The summed E-state index contributed by atoms with van der Waals surface area (Å²) in [7, 11) is 0. The van der Waals surface area contributed by atoms with Crippen molar-refractivity contribution in [1.29, 1.82) is 0 Å². The van der Waals surface area contributed by atoms with E-state index >= 15 is 0 Å². The smallest absolute Gasteiger partial charge is 0.129 e. The van der Waals surface area contributed by atoms with Crippen molar-refractivity contribution in [1.82, 2.24) is 9.55 Å². The molecule has 19 heavy (non-hydrogen) atoms. The number of rotatable bonds is 8. The van der Waals surface area contributed by atoms with Crippen LogP contribution in [0.25, 0.3) is 0 Å². The molecule has 5 nitrogen and oxygen atoms in total. The molecule has 0 aliphatic carbocycles. The number of ether oxygens (including phenoxy) is 1. The number of hydrogen-bond donors (Lipinski definition) is 1. The fraction of sp³-hybridized carbons (Fsp3) is 0.500. The summed E-state index contributed by atoms with van der Waals surface area (Å²) in [5.74, 6) is 1.77. The van der Waals surface area contributed by atoms with E-state index in [1.807, 2.05) is 22.9 Å². The molecule has 1 atom stereocenters. The molecule has 2 heterocycles. The number of imidazole rings is 1. The first kappa shape index (κ1) is 13.8. The summed E-state index contributed by atoms with van der Waals surface area (Å²) in [6.45, 7) is 3.29. The Bertz CT molecular complexity index is 465. The van der Waals surface area contributed by atoms with E-state index in [0.717, 1.165) is 24.4 Å². The number of aryl methyl sites for hydroxylation is 1. The topological polar surface area (TPSA) is 60.4 Å². The summed E-state index contributed by atoms with van der Waals surface area (Å²) < 4.78 is 12.5. The predicted molar refractivity (Wildman–Crippen MR) is 70.6 cm³/mol. The van der Waals surface area contributed by atoms with Gasteiger partial charge in [-0.3, -0.25) is 0 Å². The minimum atomic E-state index is -0.542. The molecule has 0 spiro atoms. The zero-order chi connectivity index (χ0) is 13.5. The highest BCUT2D eigenvalue weighted by molar-refractivity contribution is 4.96. The number of furan rings is 1. The molecule has 0 amide bonds. The number of aliphatic hydroxyl groups excluding tert-OH is 1. The minimum absolute atomic E-state index is 0.282. The van der Waals surface area contributed by atoms with Crippen molar-refractivity contribution >= 4 is 0 Å². The van der Waals surface area contributed by atoms with Crippen LogP contribution in [0.2, 0.25) is 0 Å². The quantitative estimate of drug-likeness (QED) is 0.792. The first-order valence-corrected chi connectivity index (χ1v) is 6.57. The summed E-state index contributed by atoms with van der Waals surface area (Å²) in [6.07, 6.45) is 6.69. The lowest BCUT2D eigenvalue weighted by atomic mass is 10.3. The van der Waals surface area contributed by atoms with E-state index in [-0.39, 0.29) is 6.61 Å². The third-order valence-electron chi connectivity index (χ3n) is 2.82. The average molecular weight is 264 g/mol. The molecule has 0 saturated carbocycles. The zero-order valence-corrected chi connectivity index (χ0v) is 11.2. The van der Waals surface area contributed by atoms with Gasteiger partial charge in [-0.15, -0.1) is 0 Å². The Morgan fingerprint density at radius 2 is 2.42 bits per heavy atom. The molecule has 0 saturated heterocycles. The Hall–Kier alpha value is -1.59. The summed E-state index contributed by atoms with van der Waals surface area (Å²) >= 11 is 0. The van der Waals surface area contributed by atoms with Crippen molar-refractivity contribution in [3.63, 3.8) is 0 Å². The highest BCUT2D eigenvalue weighted by atomic mass is 16.5. The maximum Gasteiger partial charge on any atom is 0.129 e. The molecule has 5 heteroatoms. The van der Waals surface area contributed by atoms with Crippen LogP contribution in [0.1, 0.15) is 24.9 Å². The van der Waals surface area contributed by atoms with Crippen LogP contribution in [0, 0.1) is 0 Å². The maximum atomic E-state index is 9.94. The molecule has 1 N–H and O–H groups in total. The number of nitrogens with zero attached hydrogens (tertiary/aromatic N) is 2. The van der Waals surface area contributed by atoms with Gasteiger partial charge in [-0.2, -0.15) is 0 Å². The van der Waals surface area contributed by atoms with E-state index in [0.29, 0.717) is 13.2 Å². The van der Waals surface area contributed by atoms with E-state index in [1.54, 1.807) is 12.5 Å². The molecular formula is C14H20N2O3. The standard InChI is InChI=1S/C14H20N2O3/c1-2-4-14-15-6-7-16(14)9-12(17)10-18-11-13-5-3-8-19-13/h3,5-8,12,17H,2,4,9-11H2,1H3. The highest BCUT2D eigenvalue weighted by Crippen LogP contribution is 2.05. The van der Waals surface area contributed by atoms with Gasteiger partial charge in [-0.05, 0) is 18.6 Å². The lowest BCUT2D eigenvalue weighted by Crippen LogP contribution is -2.22. The largest absolute Gasteiger partial charge is 0.467 e. The molecule has 2 rings (SSSR count). The average Bonchev–Trinajstić information content (AvgIpc) is 3.02. The van der Waals surface area contributed by atoms with Gasteiger partial charge in [-0.25, -0.2) is 4.98 Å². The monoisotopic (exact) mass is 264 g/mol. The third kappa shape index (κ3) is 4.22. The Labute approximate surface area is 112 Å². The van der Waals surface area contributed by atoms with Gasteiger partial charge in [0.25, 0.3) is 0 Å². The van der Waals surface area contributed by atoms with Gasteiger partial charge in [0.1, 0.15) is 18.2 Å². The summed E-state index contributed by atoms with van der Waals surface area (Å²) in [5.41, 5.74) is 0. The molecule has 0 aromatic carbocycles. The molecule has 0 aliphatic rings. The van der Waals surface area contributed by atoms with Crippen LogP contribution in [0.3, 0.4) is 0 Å². The van der Waals surface area contributed by atoms with Gasteiger partial charge in [0, 0.05) is 18.8 Å². The minimum Gasteiger partial charge on any atom is -0.467 e. The molecular weight excluding hydrogens is 244 g/mol. The second-order valence-corrected chi connectivity index (χ2v) is 4.49. The molecule has 104 valence electrons. The molecule has 0 radical (unpaired) electrons. The van der Waals surface area contributed by atoms with Gasteiger partial charge in [0.2, 0.25) is 0 Å². The lowest BCUT2D eigenvalue weighted by Gasteiger charge is -2.13. The van der Waals surface area contributed by atoms with Crippen LogP contribution in [0.4, 0.5) is 0 Å². The van der Waals surface area contributed by atoms with Gasteiger partial charge in [0.05, 0.1) is 25.5 Å². The van der Waals surface area contributed by atoms with E-state index in [1.165, 1.54) is 0 Å². The fourth-order valence-electron chi connectivity index (χ4n) is 1.93. The first-order chi connectivity index (χ1) is 9.29. The van der Waals surface area contributed by atoms with Crippen LogP contribution < -0.4 is 0 Å². The summed E-state index contributed by atoms with van der Waals surface area (Å²) in [5, 5.41) is 9.94. The van der Waals surface area contributed by atoms with Crippen molar-refractivity contribution in [2.24, 2.45) is 0 Å². The summed E-state index contributed by atoms with van der Waals surface area (Å²) in [6, 6.07) is 3.67. The van der Waals surface area contributed by atoms with E-state index in [2.05, 4.69) is 11.9 Å². The number of aromatic nitrogens is 2. The van der Waals surface area contributed by atoms with Crippen LogP contribution in [-0.2, 0) is 24.3 Å². The first-order valence-electron chi connectivity index (χ1n) is 6.57. The summed E-state index contributed by atoms with van der Waals surface area (Å²) in [4.78, 5) is 4.28. The highest BCUT2D eigenvalue weighted by Gasteiger charge is 2.09. The second-order valence-electron chi connectivity index (χ2n) is 4.49. The zero-order valence-electron chi connectivity index (χ0n) is 11.2. The number of hydrogen-bond acceptors (Lipinski definition) is 4. The second kappa shape index (κ2) is 7.11. The van der Waals surface area contributed by atoms with E-state index in [9.17, 15) is 5.11 Å². The normalized spacial score (nSPS) is 12.7. The Kier molecular flexibility index (Phi) is 5.18. The van der Waals surface area contributed by atoms with Gasteiger partial charge in [0.15, 0.2) is 0 Å². The molecule has 0 aliphatic heterocycles. The van der Waals surface area contributed by atoms with E-state index in [4.69, 9.17) is 9.15 Å². The SMILES string of the molecule is CCCc1nccn1CC(O)COCc1ccco1.